The molecule has 0 aliphatic carbocycles. The number of pyridine rings is 1. The summed E-state index contributed by atoms with van der Waals surface area (Å²) >= 11 is 0. The smallest absolute Gasteiger partial charge is 0.257 e. The molecule has 0 aromatic carbocycles. The summed E-state index contributed by atoms with van der Waals surface area (Å²) in [6, 6.07) is 1.92. The number of aryl methyl sites for hydroxylation is 1. The van der Waals surface area contributed by atoms with E-state index in [0.29, 0.717) is 11.5 Å². The number of nitrogens with zero attached hydrogens (tertiary/aromatic N) is 2. The summed E-state index contributed by atoms with van der Waals surface area (Å²) in [5.74, 6) is 0.663. The van der Waals surface area contributed by atoms with Crippen LogP contribution in [0.1, 0.15) is 43.2 Å². The molecule has 1 aliphatic heterocycles. The second-order valence-corrected chi connectivity index (χ2v) is 6.72. The van der Waals surface area contributed by atoms with Crippen molar-refractivity contribution >= 4 is 11.6 Å². The standard InChI is InChI=1S/C16H25N3O/c1-11-8-14(17-5)13(9-18-11)15(20)19-7-6-12(10-19)16(2,3)4/h8-9,12H,6-7,10H2,1-5H3,(H,17,18). The number of rotatable bonds is 2. The lowest BCUT2D eigenvalue weighted by molar-refractivity contribution is 0.0777. The first-order chi connectivity index (χ1) is 9.32. The molecule has 1 aliphatic rings. The monoisotopic (exact) mass is 275 g/mol. The van der Waals surface area contributed by atoms with Crippen LogP contribution in [0.4, 0.5) is 5.69 Å². The second kappa shape index (κ2) is 5.43. The predicted octanol–water partition coefficient (Wildman–Crippen LogP) is 2.94. The second-order valence-electron chi connectivity index (χ2n) is 6.72. The van der Waals surface area contributed by atoms with Crippen molar-refractivity contribution in [1.82, 2.24) is 9.88 Å². The van der Waals surface area contributed by atoms with Crippen molar-refractivity contribution < 1.29 is 4.79 Å². The van der Waals surface area contributed by atoms with Crippen LogP contribution in [-0.2, 0) is 0 Å². The summed E-state index contributed by atoms with van der Waals surface area (Å²) in [6.07, 6.45) is 2.78. The summed E-state index contributed by atoms with van der Waals surface area (Å²) in [7, 11) is 1.84. The zero-order valence-electron chi connectivity index (χ0n) is 13.2. The third-order valence-corrected chi connectivity index (χ3v) is 4.24. The van der Waals surface area contributed by atoms with Gasteiger partial charge in [-0.25, -0.2) is 0 Å². The molecule has 0 radical (unpaired) electrons. The fourth-order valence-corrected chi connectivity index (χ4v) is 2.76. The molecular formula is C16H25N3O. The summed E-state index contributed by atoms with van der Waals surface area (Å²) in [5.41, 5.74) is 2.71. The van der Waals surface area contributed by atoms with Crippen LogP contribution in [0.25, 0.3) is 0 Å². The van der Waals surface area contributed by atoms with Gasteiger partial charge in [0.25, 0.3) is 5.91 Å². The molecule has 2 heterocycles. The van der Waals surface area contributed by atoms with Crippen molar-refractivity contribution in [1.29, 1.82) is 0 Å². The molecule has 1 aromatic heterocycles. The van der Waals surface area contributed by atoms with E-state index >= 15 is 0 Å². The molecule has 4 nitrogen and oxygen atoms in total. The molecular weight excluding hydrogens is 250 g/mol. The van der Waals surface area contributed by atoms with E-state index in [2.05, 4.69) is 31.1 Å². The van der Waals surface area contributed by atoms with Crippen LogP contribution in [0.15, 0.2) is 12.3 Å². The Bertz CT molecular complexity index is 505. The van der Waals surface area contributed by atoms with Gasteiger partial charge in [0.15, 0.2) is 0 Å². The molecule has 0 bridgehead atoms. The Morgan fingerprint density at radius 3 is 2.70 bits per heavy atom. The molecule has 1 N–H and O–H groups in total. The van der Waals surface area contributed by atoms with Gasteiger partial charge in [0, 0.05) is 32.0 Å². The Labute approximate surface area is 121 Å². The summed E-state index contributed by atoms with van der Waals surface area (Å²) < 4.78 is 0. The minimum Gasteiger partial charge on any atom is -0.387 e. The SMILES string of the molecule is CNc1cc(C)ncc1C(=O)N1CCC(C(C)(C)C)C1. The van der Waals surface area contributed by atoms with Gasteiger partial charge in [-0.3, -0.25) is 9.78 Å². The number of nitrogens with one attached hydrogen (secondary N) is 1. The third kappa shape index (κ3) is 2.94. The number of hydrogen-bond acceptors (Lipinski definition) is 3. The molecule has 1 amide bonds. The predicted molar refractivity (Wildman–Crippen MR) is 82.0 cm³/mol. The number of hydrogen-bond donors (Lipinski definition) is 1. The van der Waals surface area contributed by atoms with E-state index in [1.54, 1.807) is 6.20 Å². The van der Waals surface area contributed by atoms with Crippen LogP contribution in [0.5, 0.6) is 0 Å². The molecule has 20 heavy (non-hydrogen) atoms. The van der Waals surface area contributed by atoms with Crippen LogP contribution in [0.2, 0.25) is 0 Å². The first-order valence-corrected chi connectivity index (χ1v) is 7.26. The van der Waals surface area contributed by atoms with Crippen molar-refractivity contribution in [2.24, 2.45) is 11.3 Å². The fourth-order valence-electron chi connectivity index (χ4n) is 2.76. The maximum Gasteiger partial charge on any atom is 0.257 e. The highest BCUT2D eigenvalue weighted by Gasteiger charge is 2.34. The average Bonchev–Trinajstić information content (AvgIpc) is 2.87. The Morgan fingerprint density at radius 2 is 2.15 bits per heavy atom. The van der Waals surface area contributed by atoms with E-state index in [4.69, 9.17) is 0 Å². The third-order valence-electron chi connectivity index (χ3n) is 4.24. The summed E-state index contributed by atoms with van der Waals surface area (Å²) in [5, 5.41) is 3.09. The van der Waals surface area contributed by atoms with E-state index in [1.807, 2.05) is 24.9 Å². The van der Waals surface area contributed by atoms with E-state index in [1.165, 1.54) is 0 Å². The first kappa shape index (κ1) is 14.8. The van der Waals surface area contributed by atoms with Gasteiger partial charge < -0.3 is 10.2 Å². The Morgan fingerprint density at radius 1 is 1.45 bits per heavy atom. The maximum atomic E-state index is 12.7. The van der Waals surface area contributed by atoms with Crippen LogP contribution >= 0.6 is 0 Å². The highest BCUT2D eigenvalue weighted by molar-refractivity contribution is 5.99. The average molecular weight is 275 g/mol. The number of carbonyl (C=O) groups excluding carboxylic acids is 1. The Kier molecular flexibility index (Phi) is 4.02. The lowest BCUT2D eigenvalue weighted by Crippen LogP contribution is -2.31. The lowest BCUT2D eigenvalue weighted by Gasteiger charge is -2.27. The summed E-state index contributed by atoms with van der Waals surface area (Å²) in [6.45, 7) is 10.4. The molecule has 110 valence electrons. The molecule has 1 aromatic rings. The molecule has 4 heteroatoms. The number of anilines is 1. The van der Waals surface area contributed by atoms with E-state index in [9.17, 15) is 4.79 Å². The normalized spacial score (nSPS) is 19.2. The van der Waals surface area contributed by atoms with Gasteiger partial charge in [-0.15, -0.1) is 0 Å². The van der Waals surface area contributed by atoms with Crippen LogP contribution in [0, 0.1) is 18.3 Å². The van der Waals surface area contributed by atoms with Gasteiger partial charge in [0.05, 0.1) is 11.3 Å². The quantitative estimate of drug-likeness (QED) is 0.902. The van der Waals surface area contributed by atoms with Gasteiger partial charge in [-0.1, -0.05) is 20.8 Å². The Hall–Kier alpha value is -1.58. The minimum atomic E-state index is 0.0913. The topological polar surface area (TPSA) is 45.2 Å². The fraction of sp³-hybridized carbons (Fsp3) is 0.625. The van der Waals surface area contributed by atoms with Gasteiger partial charge in [0.2, 0.25) is 0 Å². The summed E-state index contributed by atoms with van der Waals surface area (Å²) in [4.78, 5) is 18.9. The van der Waals surface area contributed by atoms with E-state index in [-0.39, 0.29) is 11.3 Å². The Balaban J connectivity index is 2.17. The largest absolute Gasteiger partial charge is 0.387 e. The van der Waals surface area contributed by atoms with Gasteiger partial charge >= 0.3 is 0 Å². The number of aromatic nitrogens is 1. The highest BCUT2D eigenvalue weighted by Crippen LogP contribution is 2.34. The van der Waals surface area contributed by atoms with Crippen molar-refractivity contribution in [3.05, 3.63) is 23.5 Å². The molecule has 1 fully saturated rings. The number of likely N-dealkylation sites (tertiary alicyclic amines) is 1. The van der Waals surface area contributed by atoms with Gasteiger partial charge in [-0.2, -0.15) is 0 Å². The van der Waals surface area contributed by atoms with Crippen molar-refractivity contribution in [3.8, 4) is 0 Å². The molecule has 1 unspecified atom stereocenters. The van der Waals surface area contributed by atoms with E-state index in [0.717, 1.165) is 30.9 Å². The van der Waals surface area contributed by atoms with Crippen molar-refractivity contribution in [3.63, 3.8) is 0 Å². The van der Waals surface area contributed by atoms with Crippen molar-refractivity contribution in [2.45, 2.75) is 34.1 Å². The number of carbonyl (C=O) groups is 1. The number of amides is 1. The molecule has 0 saturated carbocycles. The zero-order valence-corrected chi connectivity index (χ0v) is 13.2. The maximum absolute atomic E-state index is 12.7. The van der Waals surface area contributed by atoms with Gasteiger partial charge in [-0.05, 0) is 30.7 Å². The molecule has 1 atom stereocenters. The first-order valence-electron chi connectivity index (χ1n) is 7.26. The van der Waals surface area contributed by atoms with E-state index < -0.39 is 0 Å². The van der Waals surface area contributed by atoms with Crippen molar-refractivity contribution in [2.75, 3.05) is 25.5 Å². The van der Waals surface area contributed by atoms with Crippen LogP contribution < -0.4 is 5.32 Å². The molecule has 0 spiro atoms. The molecule has 2 rings (SSSR count). The molecule has 1 saturated heterocycles. The minimum absolute atomic E-state index is 0.0913. The van der Waals surface area contributed by atoms with Gasteiger partial charge in [0.1, 0.15) is 0 Å². The zero-order chi connectivity index (χ0) is 14.9. The van der Waals surface area contributed by atoms with Crippen LogP contribution in [-0.4, -0.2) is 35.9 Å². The lowest BCUT2D eigenvalue weighted by atomic mass is 9.80. The van der Waals surface area contributed by atoms with Crippen LogP contribution in [0.3, 0.4) is 0 Å². The highest BCUT2D eigenvalue weighted by atomic mass is 16.2.